The lowest BCUT2D eigenvalue weighted by atomic mass is 9.85. The van der Waals surface area contributed by atoms with Gasteiger partial charge in [0.25, 0.3) is 0 Å². The molecule has 0 aromatic heterocycles. The van der Waals surface area contributed by atoms with Crippen LogP contribution in [0.3, 0.4) is 0 Å². The number of rotatable bonds is 5. The summed E-state index contributed by atoms with van der Waals surface area (Å²) in [4.78, 5) is 29.1. The van der Waals surface area contributed by atoms with Crippen LogP contribution < -0.4 is 10.6 Å². The summed E-state index contributed by atoms with van der Waals surface area (Å²) in [5, 5.41) is 6.23. The summed E-state index contributed by atoms with van der Waals surface area (Å²) in [7, 11) is 0. The first-order valence-electron chi connectivity index (χ1n) is 12.3. The van der Waals surface area contributed by atoms with Gasteiger partial charge in [0.05, 0.1) is 6.54 Å². The lowest BCUT2D eigenvalue weighted by Crippen LogP contribution is -2.41. The van der Waals surface area contributed by atoms with E-state index in [9.17, 15) is 9.59 Å². The second kappa shape index (κ2) is 8.71. The fraction of sp³-hybridized carbons (Fsp3) is 0.680. The van der Waals surface area contributed by atoms with Gasteiger partial charge in [0.2, 0.25) is 5.91 Å². The van der Waals surface area contributed by atoms with E-state index in [0.29, 0.717) is 23.8 Å². The predicted molar refractivity (Wildman–Crippen MR) is 121 cm³/mol. The van der Waals surface area contributed by atoms with Gasteiger partial charge >= 0.3 is 6.03 Å². The van der Waals surface area contributed by atoms with E-state index in [1.807, 2.05) is 24.7 Å². The van der Waals surface area contributed by atoms with Gasteiger partial charge in [-0.2, -0.15) is 0 Å². The van der Waals surface area contributed by atoms with Gasteiger partial charge in [0.1, 0.15) is 0 Å². The van der Waals surface area contributed by atoms with Crippen LogP contribution in [-0.4, -0.2) is 47.9 Å². The Labute approximate surface area is 185 Å². The van der Waals surface area contributed by atoms with Crippen LogP contribution in [0.25, 0.3) is 0 Å². The summed E-state index contributed by atoms with van der Waals surface area (Å²) >= 11 is 0. The van der Waals surface area contributed by atoms with E-state index in [-0.39, 0.29) is 6.03 Å². The highest BCUT2D eigenvalue weighted by atomic mass is 16.2. The number of hydrogen-bond donors (Lipinski definition) is 2. The second-order valence-electron chi connectivity index (χ2n) is 10.3. The standard InChI is InChI=1S/C25H36N4O2/c30-23(7-6-19-4-2-1-3-5-19)28-12-9-25(10-13-28)14-22(25)16-27-24(31)29-17-20-8-11-26-15-21(20)18-29/h8,11,15,17,19,22,26H,1-7,9-10,12-14,16,18H2,(H,27,31). The molecule has 1 saturated heterocycles. The topological polar surface area (TPSA) is 64.7 Å². The maximum atomic E-state index is 12.7. The third kappa shape index (κ3) is 4.53. The van der Waals surface area contributed by atoms with Gasteiger partial charge < -0.3 is 15.5 Å². The number of carbonyl (C=O) groups is 2. The fourth-order valence-electron chi connectivity index (χ4n) is 6.08. The van der Waals surface area contributed by atoms with Crippen LogP contribution in [-0.2, 0) is 4.79 Å². The molecule has 1 spiro atoms. The average Bonchev–Trinajstić information content (AvgIpc) is 3.28. The number of nitrogens with one attached hydrogen (secondary N) is 2. The second-order valence-corrected chi connectivity index (χ2v) is 10.3. The molecule has 0 aromatic rings. The number of fused-ring (bicyclic) bond motifs is 1. The Morgan fingerprint density at radius 3 is 2.74 bits per heavy atom. The molecule has 2 aliphatic carbocycles. The van der Waals surface area contributed by atoms with Crippen molar-refractivity contribution in [3.05, 3.63) is 35.8 Å². The summed E-state index contributed by atoms with van der Waals surface area (Å²) in [5.74, 6) is 1.71. The van der Waals surface area contributed by atoms with Crippen LogP contribution in [0.1, 0.15) is 64.2 Å². The first kappa shape index (κ1) is 20.7. The zero-order chi connectivity index (χ0) is 21.3. The summed E-state index contributed by atoms with van der Waals surface area (Å²) in [6.45, 7) is 3.19. The molecule has 2 saturated carbocycles. The maximum Gasteiger partial charge on any atom is 0.321 e. The highest BCUT2D eigenvalue weighted by Crippen LogP contribution is 2.59. The summed E-state index contributed by atoms with van der Waals surface area (Å²) in [6, 6.07) is -0.00595. The van der Waals surface area contributed by atoms with Gasteiger partial charge in [-0.3, -0.25) is 9.69 Å². The molecule has 6 nitrogen and oxygen atoms in total. The molecule has 3 fully saturated rings. The van der Waals surface area contributed by atoms with Crippen LogP contribution in [0.5, 0.6) is 0 Å². The number of likely N-dealkylation sites (tertiary alicyclic amines) is 1. The molecule has 5 aliphatic rings. The van der Waals surface area contributed by atoms with Crippen LogP contribution >= 0.6 is 0 Å². The Morgan fingerprint density at radius 2 is 1.97 bits per heavy atom. The Hall–Kier alpha value is -2.24. The van der Waals surface area contributed by atoms with Crippen molar-refractivity contribution in [2.45, 2.75) is 64.2 Å². The number of urea groups is 1. The molecule has 2 N–H and O–H groups in total. The average molecular weight is 425 g/mol. The van der Waals surface area contributed by atoms with Crippen molar-refractivity contribution < 1.29 is 9.59 Å². The van der Waals surface area contributed by atoms with Crippen LogP contribution in [0.2, 0.25) is 0 Å². The van der Waals surface area contributed by atoms with Crippen LogP contribution in [0, 0.1) is 17.3 Å². The molecule has 0 bridgehead atoms. The normalized spacial score (nSPS) is 26.8. The number of amides is 3. The van der Waals surface area contributed by atoms with Crippen molar-refractivity contribution in [3.8, 4) is 0 Å². The first-order chi connectivity index (χ1) is 15.1. The Kier molecular flexibility index (Phi) is 5.81. The van der Waals surface area contributed by atoms with Crippen molar-refractivity contribution in [1.29, 1.82) is 0 Å². The van der Waals surface area contributed by atoms with E-state index in [4.69, 9.17) is 0 Å². The molecule has 31 heavy (non-hydrogen) atoms. The minimum Gasteiger partial charge on any atom is -0.367 e. The highest BCUT2D eigenvalue weighted by Gasteiger charge is 2.54. The summed E-state index contributed by atoms with van der Waals surface area (Å²) in [6.07, 6.45) is 19.7. The lowest BCUT2D eigenvalue weighted by molar-refractivity contribution is -0.133. The Morgan fingerprint density at radius 1 is 1.16 bits per heavy atom. The monoisotopic (exact) mass is 424 g/mol. The number of carbonyl (C=O) groups excluding carboxylic acids is 2. The highest BCUT2D eigenvalue weighted by molar-refractivity contribution is 5.78. The van der Waals surface area contributed by atoms with Crippen molar-refractivity contribution in [2.75, 3.05) is 26.2 Å². The number of dihydropyridines is 1. The van der Waals surface area contributed by atoms with Crippen molar-refractivity contribution in [2.24, 2.45) is 17.3 Å². The summed E-state index contributed by atoms with van der Waals surface area (Å²) in [5.41, 5.74) is 2.62. The number of hydrogen-bond acceptors (Lipinski definition) is 3. The molecule has 1 unspecified atom stereocenters. The molecule has 3 heterocycles. The zero-order valence-electron chi connectivity index (χ0n) is 18.6. The lowest BCUT2D eigenvalue weighted by Gasteiger charge is -2.33. The minimum atomic E-state index is -0.00595. The molecule has 1 atom stereocenters. The minimum absolute atomic E-state index is 0.00595. The quantitative estimate of drug-likeness (QED) is 0.704. The fourth-order valence-corrected chi connectivity index (χ4v) is 6.08. The molecule has 0 aromatic carbocycles. The molecular formula is C25H36N4O2. The predicted octanol–water partition coefficient (Wildman–Crippen LogP) is 3.89. The van der Waals surface area contributed by atoms with E-state index >= 15 is 0 Å². The van der Waals surface area contributed by atoms with E-state index in [2.05, 4.69) is 15.5 Å². The molecule has 3 aliphatic heterocycles. The number of nitrogens with zero attached hydrogens (tertiary/aromatic N) is 2. The van der Waals surface area contributed by atoms with Crippen LogP contribution in [0.4, 0.5) is 4.79 Å². The third-order valence-electron chi connectivity index (χ3n) is 8.35. The van der Waals surface area contributed by atoms with Crippen molar-refractivity contribution >= 4 is 11.9 Å². The smallest absolute Gasteiger partial charge is 0.321 e. The molecule has 168 valence electrons. The van der Waals surface area contributed by atoms with Crippen molar-refractivity contribution in [1.82, 2.24) is 20.4 Å². The van der Waals surface area contributed by atoms with Gasteiger partial charge in [-0.25, -0.2) is 4.79 Å². The number of piperidine rings is 1. The van der Waals surface area contributed by atoms with Gasteiger partial charge in [-0.15, -0.1) is 0 Å². The maximum absolute atomic E-state index is 12.7. The van der Waals surface area contributed by atoms with Gasteiger partial charge in [0.15, 0.2) is 0 Å². The van der Waals surface area contributed by atoms with E-state index in [1.54, 1.807) is 4.90 Å². The van der Waals surface area contributed by atoms with E-state index < -0.39 is 0 Å². The van der Waals surface area contributed by atoms with E-state index in [0.717, 1.165) is 62.4 Å². The molecule has 0 radical (unpaired) electrons. The molecular weight excluding hydrogens is 388 g/mol. The first-order valence-corrected chi connectivity index (χ1v) is 12.3. The number of allylic oxidation sites excluding steroid dienone is 1. The SMILES string of the molecule is O=C(NCC1CC12CCN(C(=O)CCC1CCCCC1)CC2)N1C=C2C=CNC=C2C1. The Balaban J connectivity index is 1.02. The van der Waals surface area contributed by atoms with Crippen molar-refractivity contribution in [3.63, 3.8) is 0 Å². The van der Waals surface area contributed by atoms with Gasteiger partial charge in [0, 0.05) is 44.7 Å². The summed E-state index contributed by atoms with van der Waals surface area (Å²) < 4.78 is 0. The van der Waals surface area contributed by atoms with E-state index in [1.165, 1.54) is 38.5 Å². The largest absolute Gasteiger partial charge is 0.367 e. The molecule has 6 heteroatoms. The third-order valence-corrected chi connectivity index (χ3v) is 8.35. The van der Waals surface area contributed by atoms with Gasteiger partial charge in [-0.1, -0.05) is 32.1 Å². The zero-order valence-corrected chi connectivity index (χ0v) is 18.6. The van der Waals surface area contributed by atoms with Gasteiger partial charge in [-0.05, 0) is 60.2 Å². The molecule has 3 amide bonds. The molecule has 5 rings (SSSR count). The van der Waals surface area contributed by atoms with Crippen LogP contribution in [0.15, 0.2) is 35.8 Å². The Bertz CT molecular complexity index is 800.